The monoisotopic (exact) mass is 399 g/mol. The zero-order valence-electron chi connectivity index (χ0n) is 14.3. The summed E-state index contributed by atoms with van der Waals surface area (Å²) in [5.74, 6) is 0.147. The fourth-order valence-corrected chi connectivity index (χ4v) is 4.07. The van der Waals surface area contributed by atoms with Crippen LogP contribution in [0.4, 0.5) is 27.6 Å². The molecule has 4 rings (SSSR count). The van der Waals surface area contributed by atoms with E-state index in [4.69, 9.17) is 0 Å². The van der Waals surface area contributed by atoms with E-state index < -0.39 is 4.92 Å². The second-order valence-electron chi connectivity index (χ2n) is 5.57. The van der Waals surface area contributed by atoms with Gasteiger partial charge in [-0.2, -0.15) is 0 Å². The number of rotatable bonds is 5. The van der Waals surface area contributed by atoms with Crippen LogP contribution in [0.5, 0.6) is 0 Å². The fourth-order valence-electron chi connectivity index (χ4n) is 2.39. The minimum atomic E-state index is -0.523. The lowest BCUT2D eigenvalue weighted by molar-refractivity contribution is -0.383. The standard InChI is InChI=1S/C16H13N7O2S2/c1-8-9(2)26-15(19-8)21-13-12(23(24)25)14(18-7-17-13)22-16-20-10-5-3-4-6-11(10)27-16/h3-7H,1-2H3,(H2,17,18,19,20,21,22). The van der Waals surface area contributed by atoms with Gasteiger partial charge in [0.15, 0.2) is 10.3 Å². The number of aryl methyl sites for hydroxylation is 2. The van der Waals surface area contributed by atoms with Crippen molar-refractivity contribution in [3.63, 3.8) is 0 Å². The van der Waals surface area contributed by atoms with E-state index in [1.807, 2.05) is 38.1 Å². The number of benzene rings is 1. The molecule has 0 aliphatic heterocycles. The first-order chi connectivity index (χ1) is 13.0. The number of nitrogens with zero attached hydrogens (tertiary/aromatic N) is 5. The molecule has 0 spiro atoms. The molecule has 0 saturated heterocycles. The van der Waals surface area contributed by atoms with Gasteiger partial charge in [0.05, 0.1) is 20.8 Å². The molecule has 11 heteroatoms. The zero-order chi connectivity index (χ0) is 19.0. The Bertz CT molecular complexity index is 1100. The lowest BCUT2D eigenvalue weighted by Crippen LogP contribution is -2.05. The molecule has 2 N–H and O–H groups in total. The van der Waals surface area contributed by atoms with Crippen molar-refractivity contribution in [3.05, 3.63) is 51.3 Å². The summed E-state index contributed by atoms with van der Waals surface area (Å²) in [4.78, 5) is 29.0. The molecule has 0 saturated carbocycles. The number of anilines is 4. The third-order valence-electron chi connectivity index (χ3n) is 3.78. The van der Waals surface area contributed by atoms with Crippen LogP contribution < -0.4 is 10.6 Å². The fraction of sp³-hybridized carbons (Fsp3) is 0.125. The van der Waals surface area contributed by atoms with Gasteiger partial charge in [-0.15, -0.1) is 11.3 Å². The molecule has 9 nitrogen and oxygen atoms in total. The summed E-state index contributed by atoms with van der Waals surface area (Å²) in [6.07, 6.45) is 1.26. The van der Waals surface area contributed by atoms with Crippen molar-refractivity contribution >= 4 is 60.5 Å². The predicted molar refractivity (Wildman–Crippen MR) is 106 cm³/mol. The number of nitro groups is 1. The van der Waals surface area contributed by atoms with Crippen LogP contribution in [-0.2, 0) is 0 Å². The van der Waals surface area contributed by atoms with Gasteiger partial charge in [-0.25, -0.2) is 19.9 Å². The topological polar surface area (TPSA) is 119 Å². The molecular weight excluding hydrogens is 386 g/mol. The van der Waals surface area contributed by atoms with Crippen molar-refractivity contribution in [1.82, 2.24) is 19.9 Å². The molecule has 0 unspecified atom stereocenters. The average molecular weight is 399 g/mol. The highest BCUT2D eigenvalue weighted by atomic mass is 32.1. The molecule has 0 aliphatic carbocycles. The second-order valence-corrected chi connectivity index (χ2v) is 7.81. The predicted octanol–water partition coefficient (Wildman–Crippen LogP) is 4.56. The maximum Gasteiger partial charge on any atom is 0.354 e. The molecule has 3 heterocycles. The second kappa shape index (κ2) is 6.85. The van der Waals surface area contributed by atoms with Crippen LogP contribution in [-0.4, -0.2) is 24.9 Å². The molecule has 0 atom stereocenters. The first kappa shape index (κ1) is 17.2. The third-order valence-corrected chi connectivity index (χ3v) is 5.72. The Morgan fingerprint density at radius 3 is 2.26 bits per heavy atom. The van der Waals surface area contributed by atoms with Crippen LogP contribution >= 0.6 is 22.7 Å². The minimum Gasteiger partial charge on any atom is -0.310 e. The number of nitrogens with one attached hydrogen (secondary N) is 2. The summed E-state index contributed by atoms with van der Waals surface area (Å²) in [5, 5.41) is 18.6. The van der Waals surface area contributed by atoms with Gasteiger partial charge in [0, 0.05) is 4.88 Å². The summed E-state index contributed by atoms with van der Waals surface area (Å²) < 4.78 is 0.976. The van der Waals surface area contributed by atoms with E-state index in [0.29, 0.717) is 10.3 Å². The van der Waals surface area contributed by atoms with E-state index >= 15 is 0 Å². The van der Waals surface area contributed by atoms with Crippen LogP contribution in [0, 0.1) is 24.0 Å². The van der Waals surface area contributed by atoms with Gasteiger partial charge in [-0.05, 0) is 26.0 Å². The van der Waals surface area contributed by atoms with E-state index in [2.05, 4.69) is 30.6 Å². The Morgan fingerprint density at radius 1 is 1.00 bits per heavy atom. The number of hydrogen-bond acceptors (Lipinski definition) is 10. The van der Waals surface area contributed by atoms with Gasteiger partial charge < -0.3 is 10.6 Å². The van der Waals surface area contributed by atoms with E-state index in [1.165, 1.54) is 29.0 Å². The molecule has 0 aliphatic rings. The lowest BCUT2D eigenvalue weighted by atomic mass is 10.3. The van der Waals surface area contributed by atoms with Crippen molar-refractivity contribution in [2.24, 2.45) is 0 Å². The smallest absolute Gasteiger partial charge is 0.310 e. The van der Waals surface area contributed by atoms with Crippen LogP contribution in [0.15, 0.2) is 30.6 Å². The van der Waals surface area contributed by atoms with Crippen LogP contribution in [0.25, 0.3) is 10.2 Å². The minimum absolute atomic E-state index is 0.0709. The van der Waals surface area contributed by atoms with E-state index in [0.717, 1.165) is 20.8 Å². The summed E-state index contributed by atoms with van der Waals surface area (Å²) in [6.45, 7) is 3.82. The maximum atomic E-state index is 11.7. The Labute approximate surface area is 161 Å². The average Bonchev–Trinajstić information content (AvgIpc) is 3.17. The SMILES string of the molecule is Cc1nc(Nc2ncnc(Nc3nc4ccccc4s3)c2[N+](=O)[O-])sc1C. The first-order valence-electron chi connectivity index (χ1n) is 7.84. The normalized spacial score (nSPS) is 10.9. The molecule has 0 bridgehead atoms. The Balaban J connectivity index is 1.70. The van der Waals surface area contributed by atoms with Gasteiger partial charge >= 0.3 is 5.69 Å². The zero-order valence-corrected chi connectivity index (χ0v) is 15.9. The first-order valence-corrected chi connectivity index (χ1v) is 9.47. The largest absolute Gasteiger partial charge is 0.354 e. The number of fused-ring (bicyclic) bond motifs is 1. The van der Waals surface area contributed by atoms with E-state index in [1.54, 1.807) is 0 Å². The van der Waals surface area contributed by atoms with Crippen molar-refractivity contribution in [3.8, 4) is 0 Å². The molecule has 27 heavy (non-hydrogen) atoms. The molecule has 136 valence electrons. The lowest BCUT2D eigenvalue weighted by Gasteiger charge is -2.06. The summed E-state index contributed by atoms with van der Waals surface area (Å²) in [7, 11) is 0. The van der Waals surface area contributed by atoms with E-state index in [9.17, 15) is 10.1 Å². The third kappa shape index (κ3) is 3.41. The summed E-state index contributed by atoms with van der Waals surface area (Å²) in [6, 6.07) is 7.62. The molecule has 0 fully saturated rings. The maximum absolute atomic E-state index is 11.7. The summed E-state index contributed by atoms with van der Waals surface area (Å²) >= 11 is 2.80. The highest BCUT2D eigenvalue weighted by Crippen LogP contribution is 2.36. The Hall–Kier alpha value is -3.18. The molecule has 4 aromatic rings. The van der Waals surface area contributed by atoms with Crippen LogP contribution in [0.1, 0.15) is 10.6 Å². The number of aromatic nitrogens is 4. The Kier molecular flexibility index (Phi) is 4.38. The van der Waals surface area contributed by atoms with Crippen molar-refractivity contribution in [1.29, 1.82) is 0 Å². The molecule has 1 aromatic carbocycles. The number of hydrogen-bond donors (Lipinski definition) is 2. The van der Waals surface area contributed by atoms with Crippen molar-refractivity contribution < 1.29 is 4.92 Å². The van der Waals surface area contributed by atoms with Gasteiger partial charge in [0.2, 0.25) is 11.6 Å². The van der Waals surface area contributed by atoms with Gasteiger partial charge in [-0.3, -0.25) is 10.1 Å². The number of para-hydroxylation sites is 1. The van der Waals surface area contributed by atoms with Crippen molar-refractivity contribution in [2.45, 2.75) is 13.8 Å². The quantitative estimate of drug-likeness (QED) is 0.370. The molecular formula is C16H13N7O2S2. The highest BCUT2D eigenvalue weighted by molar-refractivity contribution is 7.22. The van der Waals surface area contributed by atoms with E-state index in [-0.39, 0.29) is 17.3 Å². The highest BCUT2D eigenvalue weighted by Gasteiger charge is 2.25. The number of thiazole rings is 2. The molecule has 3 aromatic heterocycles. The Morgan fingerprint density at radius 2 is 1.67 bits per heavy atom. The van der Waals surface area contributed by atoms with Crippen LogP contribution in [0.2, 0.25) is 0 Å². The molecule has 0 radical (unpaired) electrons. The van der Waals surface area contributed by atoms with Gasteiger partial charge in [-0.1, -0.05) is 23.5 Å². The molecule has 0 amide bonds. The van der Waals surface area contributed by atoms with Crippen LogP contribution in [0.3, 0.4) is 0 Å². The van der Waals surface area contributed by atoms with Crippen molar-refractivity contribution in [2.75, 3.05) is 10.6 Å². The van der Waals surface area contributed by atoms with Gasteiger partial charge in [0.25, 0.3) is 0 Å². The van der Waals surface area contributed by atoms with Gasteiger partial charge in [0.1, 0.15) is 6.33 Å². The summed E-state index contributed by atoms with van der Waals surface area (Å²) in [5.41, 5.74) is 1.42.